The molecular weight excluding hydrogens is 196 g/mol. The topological polar surface area (TPSA) is 15.3 Å². The van der Waals surface area contributed by atoms with Gasteiger partial charge in [-0.15, -0.1) is 0 Å². The Kier molecular flexibility index (Phi) is 4.23. The van der Waals surface area contributed by atoms with Gasteiger partial charge >= 0.3 is 0 Å². The van der Waals surface area contributed by atoms with Gasteiger partial charge in [0, 0.05) is 12.2 Å². The second-order valence-corrected chi connectivity index (χ2v) is 4.70. The SMILES string of the molecule is Cc1cccc(NCCCN2CCCC2)c1. The maximum Gasteiger partial charge on any atom is 0.0342 e. The number of nitrogens with one attached hydrogen (secondary N) is 1. The van der Waals surface area contributed by atoms with E-state index in [-0.39, 0.29) is 0 Å². The Bertz CT molecular complexity index is 316. The second-order valence-electron chi connectivity index (χ2n) is 4.70. The summed E-state index contributed by atoms with van der Waals surface area (Å²) in [7, 11) is 0. The summed E-state index contributed by atoms with van der Waals surface area (Å²) in [5.41, 5.74) is 2.57. The zero-order valence-corrected chi connectivity index (χ0v) is 10.2. The molecule has 0 amide bonds. The van der Waals surface area contributed by atoms with Crippen LogP contribution in [-0.4, -0.2) is 31.1 Å². The molecule has 0 bridgehead atoms. The van der Waals surface area contributed by atoms with Gasteiger partial charge in [-0.1, -0.05) is 12.1 Å². The van der Waals surface area contributed by atoms with E-state index in [1.165, 1.54) is 50.1 Å². The van der Waals surface area contributed by atoms with Crippen molar-refractivity contribution in [2.45, 2.75) is 26.2 Å². The first kappa shape index (κ1) is 11.5. The number of benzene rings is 1. The highest BCUT2D eigenvalue weighted by Gasteiger charge is 2.09. The Morgan fingerprint density at radius 2 is 2.06 bits per heavy atom. The van der Waals surface area contributed by atoms with Gasteiger partial charge in [0.05, 0.1) is 0 Å². The number of nitrogens with zero attached hydrogens (tertiary/aromatic N) is 1. The van der Waals surface area contributed by atoms with Crippen LogP contribution in [0.3, 0.4) is 0 Å². The fourth-order valence-electron chi connectivity index (χ4n) is 2.30. The van der Waals surface area contributed by atoms with Crippen LogP contribution in [0.25, 0.3) is 0 Å². The number of rotatable bonds is 5. The smallest absolute Gasteiger partial charge is 0.0342 e. The van der Waals surface area contributed by atoms with Crippen molar-refractivity contribution >= 4 is 5.69 Å². The molecule has 0 saturated carbocycles. The Morgan fingerprint density at radius 1 is 1.25 bits per heavy atom. The van der Waals surface area contributed by atoms with E-state index < -0.39 is 0 Å². The van der Waals surface area contributed by atoms with Crippen molar-refractivity contribution in [3.63, 3.8) is 0 Å². The quantitative estimate of drug-likeness (QED) is 0.764. The molecule has 0 atom stereocenters. The molecule has 0 aromatic heterocycles. The summed E-state index contributed by atoms with van der Waals surface area (Å²) in [4.78, 5) is 2.57. The van der Waals surface area contributed by atoms with Gasteiger partial charge in [0.15, 0.2) is 0 Å². The average Bonchev–Trinajstić information content (AvgIpc) is 2.77. The molecular formula is C14H22N2. The molecule has 1 fully saturated rings. The van der Waals surface area contributed by atoms with Crippen LogP contribution in [-0.2, 0) is 0 Å². The molecule has 2 nitrogen and oxygen atoms in total. The van der Waals surface area contributed by atoms with Gasteiger partial charge in [-0.25, -0.2) is 0 Å². The maximum atomic E-state index is 3.48. The van der Waals surface area contributed by atoms with Gasteiger partial charge in [-0.05, 0) is 63.5 Å². The monoisotopic (exact) mass is 218 g/mol. The van der Waals surface area contributed by atoms with Crippen LogP contribution in [0.4, 0.5) is 5.69 Å². The average molecular weight is 218 g/mol. The van der Waals surface area contributed by atoms with Crippen LogP contribution in [0, 0.1) is 6.92 Å². The summed E-state index contributed by atoms with van der Waals surface area (Å²) in [5.74, 6) is 0. The van der Waals surface area contributed by atoms with E-state index in [0.717, 1.165) is 6.54 Å². The molecule has 0 radical (unpaired) electrons. The van der Waals surface area contributed by atoms with E-state index >= 15 is 0 Å². The standard InChI is InChI=1S/C14H22N2/c1-13-6-4-7-14(12-13)15-8-5-11-16-9-2-3-10-16/h4,6-7,12,15H,2-3,5,8-11H2,1H3. The lowest BCUT2D eigenvalue weighted by Gasteiger charge is -2.14. The summed E-state index contributed by atoms with van der Waals surface area (Å²) >= 11 is 0. The molecule has 1 aromatic carbocycles. The molecule has 0 spiro atoms. The minimum Gasteiger partial charge on any atom is -0.385 e. The van der Waals surface area contributed by atoms with Gasteiger partial charge in [-0.3, -0.25) is 0 Å². The van der Waals surface area contributed by atoms with Crippen molar-refractivity contribution in [2.24, 2.45) is 0 Å². The lowest BCUT2D eigenvalue weighted by Crippen LogP contribution is -2.22. The first-order valence-electron chi connectivity index (χ1n) is 6.37. The van der Waals surface area contributed by atoms with Gasteiger partial charge in [0.25, 0.3) is 0 Å². The number of aryl methyl sites for hydroxylation is 1. The Hall–Kier alpha value is -1.02. The van der Waals surface area contributed by atoms with Crippen LogP contribution in [0.15, 0.2) is 24.3 Å². The van der Waals surface area contributed by atoms with Gasteiger partial charge < -0.3 is 10.2 Å². The lowest BCUT2D eigenvalue weighted by molar-refractivity contribution is 0.337. The first-order chi connectivity index (χ1) is 7.84. The molecule has 1 aromatic rings. The highest BCUT2D eigenvalue weighted by Crippen LogP contribution is 2.10. The van der Waals surface area contributed by atoms with Crippen LogP contribution in [0.5, 0.6) is 0 Å². The molecule has 1 aliphatic rings. The Morgan fingerprint density at radius 3 is 2.81 bits per heavy atom. The first-order valence-corrected chi connectivity index (χ1v) is 6.37. The minimum absolute atomic E-state index is 1.08. The molecule has 1 heterocycles. The third-order valence-corrected chi connectivity index (χ3v) is 3.20. The maximum absolute atomic E-state index is 3.48. The predicted molar refractivity (Wildman–Crippen MR) is 70.0 cm³/mol. The summed E-state index contributed by atoms with van der Waals surface area (Å²) in [6, 6.07) is 8.59. The number of hydrogen-bond acceptors (Lipinski definition) is 2. The Balaban J connectivity index is 1.64. The molecule has 16 heavy (non-hydrogen) atoms. The van der Waals surface area contributed by atoms with Crippen molar-refractivity contribution in [3.05, 3.63) is 29.8 Å². The molecule has 0 aliphatic carbocycles. The summed E-state index contributed by atoms with van der Waals surface area (Å²) in [6.07, 6.45) is 4.03. The molecule has 2 rings (SSSR count). The normalized spacial score (nSPS) is 16.6. The van der Waals surface area contributed by atoms with E-state index in [0.29, 0.717) is 0 Å². The van der Waals surface area contributed by atoms with E-state index in [9.17, 15) is 0 Å². The number of anilines is 1. The fraction of sp³-hybridized carbons (Fsp3) is 0.571. The number of hydrogen-bond donors (Lipinski definition) is 1. The largest absolute Gasteiger partial charge is 0.385 e. The van der Waals surface area contributed by atoms with Gasteiger partial charge in [0.2, 0.25) is 0 Å². The van der Waals surface area contributed by atoms with E-state index in [2.05, 4.69) is 41.4 Å². The summed E-state index contributed by atoms with van der Waals surface area (Å²) in [6.45, 7) is 7.09. The molecule has 1 N–H and O–H groups in total. The highest BCUT2D eigenvalue weighted by atomic mass is 15.1. The van der Waals surface area contributed by atoms with Gasteiger partial charge in [0.1, 0.15) is 0 Å². The molecule has 88 valence electrons. The van der Waals surface area contributed by atoms with Crippen molar-refractivity contribution < 1.29 is 0 Å². The van der Waals surface area contributed by atoms with Crippen LogP contribution in [0.2, 0.25) is 0 Å². The lowest BCUT2D eigenvalue weighted by atomic mass is 10.2. The zero-order chi connectivity index (χ0) is 11.2. The van der Waals surface area contributed by atoms with Crippen LogP contribution in [0.1, 0.15) is 24.8 Å². The highest BCUT2D eigenvalue weighted by molar-refractivity contribution is 5.45. The third kappa shape index (κ3) is 3.53. The van der Waals surface area contributed by atoms with Crippen molar-refractivity contribution in [2.75, 3.05) is 31.5 Å². The van der Waals surface area contributed by atoms with Crippen LogP contribution >= 0.6 is 0 Å². The molecule has 1 saturated heterocycles. The Labute approximate surface area is 98.7 Å². The van der Waals surface area contributed by atoms with Crippen molar-refractivity contribution in [3.8, 4) is 0 Å². The van der Waals surface area contributed by atoms with E-state index in [1.807, 2.05) is 0 Å². The molecule has 0 unspecified atom stereocenters. The third-order valence-electron chi connectivity index (χ3n) is 3.20. The predicted octanol–water partition coefficient (Wildman–Crippen LogP) is 2.89. The van der Waals surface area contributed by atoms with Gasteiger partial charge in [-0.2, -0.15) is 0 Å². The second kappa shape index (κ2) is 5.90. The molecule has 1 aliphatic heterocycles. The summed E-state index contributed by atoms with van der Waals surface area (Å²) < 4.78 is 0. The van der Waals surface area contributed by atoms with E-state index in [1.54, 1.807) is 0 Å². The molecule has 2 heteroatoms. The number of likely N-dealkylation sites (tertiary alicyclic amines) is 1. The van der Waals surface area contributed by atoms with Crippen LogP contribution < -0.4 is 5.32 Å². The van der Waals surface area contributed by atoms with E-state index in [4.69, 9.17) is 0 Å². The summed E-state index contributed by atoms with van der Waals surface area (Å²) in [5, 5.41) is 3.48. The van der Waals surface area contributed by atoms with Crippen molar-refractivity contribution in [1.82, 2.24) is 4.90 Å². The van der Waals surface area contributed by atoms with Crippen molar-refractivity contribution in [1.29, 1.82) is 0 Å². The zero-order valence-electron chi connectivity index (χ0n) is 10.2. The minimum atomic E-state index is 1.08. The fourth-order valence-corrected chi connectivity index (χ4v) is 2.30.